The minimum atomic E-state index is -0.0111. The van der Waals surface area contributed by atoms with Crippen LogP contribution in [-0.2, 0) is 9.47 Å². The topological polar surface area (TPSA) is 21.8 Å². The second-order valence-electron chi connectivity index (χ2n) is 9.74. The first-order chi connectivity index (χ1) is 12.6. The van der Waals surface area contributed by atoms with Crippen LogP contribution in [0.15, 0.2) is 12.2 Å². The van der Waals surface area contributed by atoms with Crippen molar-refractivity contribution in [3.05, 3.63) is 12.2 Å². The highest BCUT2D eigenvalue weighted by Gasteiger charge is 2.38. The number of epoxide rings is 1. The smallest absolute Gasteiger partial charge is 0.104 e. The molecule has 0 aromatic heterocycles. The molecule has 26 heavy (non-hydrogen) atoms. The number of rotatable bonds is 14. The summed E-state index contributed by atoms with van der Waals surface area (Å²) in [5.74, 6) is 3.42. The molecule has 0 N–H and O–H groups in total. The third kappa shape index (κ3) is 6.09. The van der Waals surface area contributed by atoms with Gasteiger partial charge >= 0.3 is 0 Å². The lowest BCUT2D eigenvalue weighted by Gasteiger charge is -2.36. The molecule has 0 aromatic rings. The first-order valence-electron chi connectivity index (χ1n) is 11.5. The zero-order chi connectivity index (χ0) is 18.4. The first-order valence-corrected chi connectivity index (χ1v) is 11.5. The highest BCUT2D eigenvalue weighted by molar-refractivity contribution is 5.10. The summed E-state index contributed by atoms with van der Waals surface area (Å²) in [4.78, 5) is 0. The van der Waals surface area contributed by atoms with Crippen molar-refractivity contribution in [2.75, 3.05) is 13.2 Å². The van der Waals surface area contributed by atoms with Crippen LogP contribution >= 0.6 is 0 Å². The molecule has 1 aliphatic heterocycles. The Morgan fingerprint density at radius 2 is 1.81 bits per heavy atom. The molecule has 1 saturated carbocycles. The van der Waals surface area contributed by atoms with E-state index in [4.69, 9.17) is 9.47 Å². The van der Waals surface area contributed by atoms with Crippen molar-refractivity contribution in [1.82, 2.24) is 0 Å². The molecule has 0 radical (unpaired) electrons. The Morgan fingerprint density at radius 3 is 2.46 bits per heavy atom. The molecule has 2 fully saturated rings. The maximum atomic E-state index is 6.35. The van der Waals surface area contributed by atoms with Gasteiger partial charge in [-0.15, -0.1) is 0 Å². The SMILES string of the molecule is CCCCCCCCC(CCC1CC2C=CC1C2)C(C)(C)OCC1CO1. The van der Waals surface area contributed by atoms with Gasteiger partial charge in [0.15, 0.2) is 0 Å². The van der Waals surface area contributed by atoms with E-state index in [0.29, 0.717) is 12.0 Å². The molecule has 2 nitrogen and oxygen atoms in total. The lowest BCUT2D eigenvalue weighted by Crippen LogP contribution is -2.36. The predicted octanol–water partition coefficient (Wildman–Crippen LogP) is 6.54. The summed E-state index contributed by atoms with van der Waals surface area (Å²) in [6, 6.07) is 0. The Hall–Kier alpha value is -0.340. The molecule has 0 spiro atoms. The summed E-state index contributed by atoms with van der Waals surface area (Å²) in [7, 11) is 0. The fourth-order valence-electron chi connectivity index (χ4n) is 5.24. The molecule has 5 atom stereocenters. The summed E-state index contributed by atoms with van der Waals surface area (Å²) in [6.07, 6.45) is 20.6. The Labute approximate surface area is 162 Å². The van der Waals surface area contributed by atoms with Crippen LogP contribution in [0.4, 0.5) is 0 Å². The number of fused-ring (bicyclic) bond motifs is 2. The zero-order valence-electron chi connectivity index (χ0n) is 17.6. The molecule has 2 bridgehead atoms. The molecule has 5 unspecified atom stereocenters. The van der Waals surface area contributed by atoms with Gasteiger partial charge in [-0.2, -0.15) is 0 Å². The minimum Gasteiger partial charge on any atom is -0.373 e. The number of ether oxygens (including phenoxy) is 2. The lowest BCUT2D eigenvalue weighted by molar-refractivity contribution is -0.0718. The summed E-state index contributed by atoms with van der Waals surface area (Å²) in [5.41, 5.74) is -0.0111. The molecule has 2 heteroatoms. The van der Waals surface area contributed by atoms with Crippen molar-refractivity contribution < 1.29 is 9.47 Å². The molecule has 0 aromatic carbocycles. The van der Waals surface area contributed by atoms with E-state index in [1.54, 1.807) is 0 Å². The Kier molecular flexibility index (Phi) is 7.64. The average molecular weight is 363 g/mol. The van der Waals surface area contributed by atoms with Gasteiger partial charge in [-0.1, -0.05) is 57.6 Å². The van der Waals surface area contributed by atoms with Gasteiger partial charge in [-0.05, 0) is 69.6 Å². The predicted molar refractivity (Wildman–Crippen MR) is 109 cm³/mol. The van der Waals surface area contributed by atoms with Crippen LogP contribution < -0.4 is 0 Å². The second-order valence-corrected chi connectivity index (χ2v) is 9.74. The van der Waals surface area contributed by atoms with E-state index in [9.17, 15) is 0 Å². The molecule has 0 amide bonds. The molecule has 3 rings (SSSR count). The van der Waals surface area contributed by atoms with Gasteiger partial charge in [-0.25, -0.2) is 0 Å². The Bertz CT molecular complexity index is 437. The molecule has 3 aliphatic rings. The monoisotopic (exact) mass is 362 g/mol. The first kappa shape index (κ1) is 20.4. The van der Waals surface area contributed by atoms with Crippen molar-refractivity contribution in [3.8, 4) is 0 Å². The summed E-state index contributed by atoms with van der Waals surface area (Å²) >= 11 is 0. The lowest BCUT2D eigenvalue weighted by atomic mass is 9.79. The van der Waals surface area contributed by atoms with Crippen LogP contribution in [-0.4, -0.2) is 24.9 Å². The molecule has 1 heterocycles. The normalized spacial score (nSPS) is 30.9. The van der Waals surface area contributed by atoms with Gasteiger partial charge in [0.25, 0.3) is 0 Å². The van der Waals surface area contributed by atoms with Crippen molar-refractivity contribution in [2.45, 2.75) is 103 Å². The number of allylic oxidation sites excluding steroid dienone is 2. The average Bonchev–Trinajstić information content (AvgIpc) is 3.23. The fourth-order valence-corrected chi connectivity index (χ4v) is 5.24. The van der Waals surface area contributed by atoms with Gasteiger partial charge in [0.1, 0.15) is 6.10 Å². The maximum Gasteiger partial charge on any atom is 0.104 e. The van der Waals surface area contributed by atoms with E-state index < -0.39 is 0 Å². The number of hydrogen-bond donors (Lipinski definition) is 0. The molecular weight excluding hydrogens is 320 g/mol. The van der Waals surface area contributed by atoms with Gasteiger partial charge in [-0.3, -0.25) is 0 Å². The van der Waals surface area contributed by atoms with Crippen molar-refractivity contribution in [2.24, 2.45) is 23.7 Å². The van der Waals surface area contributed by atoms with Crippen LogP contribution in [0.5, 0.6) is 0 Å². The summed E-state index contributed by atoms with van der Waals surface area (Å²) in [6.45, 7) is 8.65. The minimum absolute atomic E-state index is 0.0111. The molecule has 150 valence electrons. The summed E-state index contributed by atoms with van der Waals surface area (Å²) in [5, 5.41) is 0. The van der Waals surface area contributed by atoms with Gasteiger partial charge in [0, 0.05) is 0 Å². The van der Waals surface area contributed by atoms with Gasteiger partial charge < -0.3 is 9.47 Å². The van der Waals surface area contributed by atoms with Crippen molar-refractivity contribution in [3.63, 3.8) is 0 Å². The van der Waals surface area contributed by atoms with Crippen LogP contribution in [0.3, 0.4) is 0 Å². The van der Waals surface area contributed by atoms with E-state index in [0.717, 1.165) is 31.0 Å². The van der Waals surface area contributed by atoms with E-state index in [1.165, 1.54) is 70.6 Å². The van der Waals surface area contributed by atoms with Crippen LogP contribution in [0.1, 0.15) is 91.4 Å². The number of unbranched alkanes of at least 4 members (excludes halogenated alkanes) is 5. The third-order valence-electron chi connectivity index (χ3n) is 7.24. The standard InChI is InChI=1S/C24H42O2/c1-4-5-6-7-8-9-10-22(24(2,3)26-18-23-17-25-23)14-13-21-16-19-11-12-20(21)15-19/h11-12,19-23H,4-10,13-18H2,1-3H3. The van der Waals surface area contributed by atoms with Gasteiger partial charge in [0.2, 0.25) is 0 Å². The highest BCUT2D eigenvalue weighted by Crippen LogP contribution is 2.46. The van der Waals surface area contributed by atoms with Crippen LogP contribution in [0, 0.1) is 23.7 Å². The Balaban J connectivity index is 1.44. The van der Waals surface area contributed by atoms with Crippen molar-refractivity contribution >= 4 is 0 Å². The highest BCUT2D eigenvalue weighted by atomic mass is 16.6. The molecule has 1 saturated heterocycles. The van der Waals surface area contributed by atoms with Crippen LogP contribution in [0.2, 0.25) is 0 Å². The Morgan fingerprint density at radius 1 is 1.04 bits per heavy atom. The van der Waals surface area contributed by atoms with Crippen molar-refractivity contribution in [1.29, 1.82) is 0 Å². The van der Waals surface area contributed by atoms with E-state index in [-0.39, 0.29) is 5.60 Å². The van der Waals surface area contributed by atoms with Gasteiger partial charge in [0.05, 0.1) is 18.8 Å². The van der Waals surface area contributed by atoms with Crippen LogP contribution in [0.25, 0.3) is 0 Å². The quantitative estimate of drug-likeness (QED) is 0.199. The number of hydrogen-bond acceptors (Lipinski definition) is 2. The summed E-state index contributed by atoms with van der Waals surface area (Å²) < 4.78 is 11.7. The van der Waals surface area contributed by atoms with E-state index >= 15 is 0 Å². The largest absolute Gasteiger partial charge is 0.373 e. The maximum absolute atomic E-state index is 6.35. The molecular formula is C24H42O2. The third-order valence-corrected chi connectivity index (χ3v) is 7.24. The zero-order valence-corrected chi connectivity index (χ0v) is 17.6. The fraction of sp³-hybridized carbons (Fsp3) is 0.917. The van der Waals surface area contributed by atoms with E-state index in [1.807, 2.05) is 0 Å². The molecule has 2 aliphatic carbocycles. The second kappa shape index (κ2) is 9.73. The van der Waals surface area contributed by atoms with E-state index in [2.05, 4.69) is 32.9 Å².